The van der Waals surface area contributed by atoms with Crippen molar-refractivity contribution in [1.29, 1.82) is 0 Å². The van der Waals surface area contributed by atoms with Crippen molar-refractivity contribution in [3.05, 3.63) is 76.4 Å². The molecular weight excluding hydrogens is 373 g/mol. The molecule has 1 amide bonds. The molecule has 7 nitrogen and oxygen atoms in total. The molecule has 1 aliphatic heterocycles. The Kier molecular flexibility index (Phi) is 5.41. The monoisotopic (exact) mass is 393 g/mol. The van der Waals surface area contributed by atoms with Crippen molar-refractivity contribution in [2.24, 2.45) is 0 Å². The molecule has 0 unspecified atom stereocenters. The number of nitrogens with zero attached hydrogens (tertiary/aromatic N) is 4. The predicted octanol–water partition coefficient (Wildman–Crippen LogP) is 2.31. The van der Waals surface area contributed by atoms with Crippen molar-refractivity contribution in [2.45, 2.75) is 25.2 Å². The summed E-state index contributed by atoms with van der Waals surface area (Å²) >= 11 is 0. The van der Waals surface area contributed by atoms with Gasteiger partial charge in [0.1, 0.15) is 11.5 Å². The van der Waals surface area contributed by atoms with Gasteiger partial charge in [0.2, 0.25) is 5.91 Å². The third-order valence-electron chi connectivity index (χ3n) is 5.13. The van der Waals surface area contributed by atoms with Crippen molar-refractivity contribution in [3.63, 3.8) is 0 Å². The Balaban J connectivity index is 1.43. The molecule has 0 saturated carbocycles. The van der Waals surface area contributed by atoms with Gasteiger partial charge in [-0.15, -0.1) is 0 Å². The lowest BCUT2D eigenvalue weighted by Crippen LogP contribution is -2.39. The zero-order chi connectivity index (χ0) is 20.2. The van der Waals surface area contributed by atoms with Crippen molar-refractivity contribution in [2.75, 3.05) is 13.1 Å². The van der Waals surface area contributed by atoms with E-state index in [1.807, 2.05) is 0 Å². The summed E-state index contributed by atoms with van der Waals surface area (Å²) in [5, 5.41) is 0. The summed E-state index contributed by atoms with van der Waals surface area (Å²) in [6, 6.07) is 7.83. The van der Waals surface area contributed by atoms with Gasteiger partial charge < -0.3 is 9.88 Å². The van der Waals surface area contributed by atoms with Gasteiger partial charge in [-0.2, -0.15) is 0 Å². The smallest absolute Gasteiger partial charge is 0.251 e. The predicted molar refractivity (Wildman–Crippen MR) is 105 cm³/mol. The number of nitrogens with one attached hydrogen (secondary N) is 1. The van der Waals surface area contributed by atoms with Crippen LogP contribution >= 0.6 is 0 Å². The second kappa shape index (κ2) is 8.30. The maximum atomic E-state index is 13.8. The molecule has 1 N–H and O–H groups in total. The minimum Gasteiger partial charge on any atom is -0.342 e. The van der Waals surface area contributed by atoms with Crippen LogP contribution in [0.1, 0.15) is 30.0 Å². The Morgan fingerprint density at radius 1 is 1.21 bits per heavy atom. The highest BCUT2D eigenvalue weighted by Crippen LogP contribution is 2.27. The van der Waals surface area contributed by atoms with Crippen LogP contribution in [0.25, 0.3) is 11.5 Å². The maximum Gasteiger partial charge on any atom is 0.251 e. The van der Waals surface area contributed by atoms with Gasteiger partial charge in [-0.1, -0.05) is 18.2 Å². The Morgan fingerprint density at radius 2 is 2.00 bits per heavy atom. The number of rotatable bonds is 4. The Labute approximate surface area is 166 Å². The second-order valence-electron chi connectivity index (χ2n) is 7.03. The minimum absolute atomic E-state index is 0.0530. The zero-order valence-electron chi connectivity index (χ0n) is 15.7. The third-order valence-corrected chi connectivity index (χ3v) is 5.13. The molecule has 3 heterocycles. The quantitative estimate of drug-likeness (QED) is 0.734. The topological polar surface area (TPSA) is 91.8 Å². The van der Waals surface area contributed by atoms with E-state index < -0.39 is 0 Å². The summed E-state index contributed by atoms with van der Waals surface area (Å²) in [6.07, 6.45) is 6.09. The highest BCUT2D eigenvalue weighted by atomic mass is 19.1. The Morgan fingerprint density at radius 3 is 2.72 bits per heavy atom. The van der Waals surface area contributed by atoms with E-state index >= 15 is 0 Å². The maximum absolute atomic E-state index is 13.8. The van der Waals surface area contributed by atoms with Crippen molar-refractivity contribution >= 4 is 5.91 Å². The molecule has 4 rings (SSSR count). The van der Waals surface area contributed by atoms with Crippen LogP contribution in [0.5, 0.6) is 0 Å². The van der Waals surface area contributed by atoms with Gasteiger partial charge in [-0.3, -0.25) is 14.6 Å². The molecule has 1 saturated heterocycles. The number of aromatic amines is 1. The van der Waals surface area contributed by atoms with E-state index in [0.29, 0.717) is 48.7 Å². The van der Waals surface area contributed by atoms with Gasteiger partial charge in [0.25, 0.3) is 5.56 Å². The number of halogens is 1. The largest absolute Gasteiger partial charge is 0.342 e. The highest BCUT2D eigenvalue weighted by Gasteiger charge is 2.26. The summed E-state index contributed by atoms with van der Waals surface area (Å²) in [4.78, 5) is 41.8. The first kappa shape index (κ1) is 18.9. The molecule has 0 aliphatic carbocycles. The molecule has 2 aromatic heterocycles. The number of likely N-dealkylation sites (tertiary alicyclic amines) is 1. The standard InChI is InChI=1S/C21H20FN5O2/c22-16-4-2-1-3-15(16)11-20(29)27-9-5-14(6-10-27)17-12-19(28)26-21(25-17)18-13-23-7-8-24-18/h1-4,7-8,12-14H,5-6,9-11H2,(H,25,26,28). The van der Waals surface area contributed by atoms with Crippen LogP contribution in [-0.2, 0) is 11.2 Å². The van der Waals surface area contributed by atoms with Gasteiger partial charge >= 0.3 is 0 Å². The summed E-state index contributed by atoms with van der Waals surface area (Å²) < 4.78 is 13.8. The average Bonchev–Trinajstić information content (AvgIpc) is 2.75. The van der Waals surface area contributed by atoms with Crippen molar-refractivity contribution < 1.29 is 9.18 Å². The summed E-state index contributed by atoms with van der Waals surface area (Å²) in [5.41, 5.74) is 1.36. The first-order chi connectivity index (χ1) is 14.1. The average molecular weight is 393 g/mol. The van der Waals surface area contributed by atoms with E-state index in [4.69, 9.17) is 0 Å². The van der Waals surface area contributed by atoms with E-state index in [-0.39, 0.29) is 29.6 Å². The lowest BCUT2D eigenvalue weighted by atomic mass is 9.93. The fraction of sp³-hybridized carbons (Fsp3) is 0.286. The summed E-state index contributed by atoms with van der Waals surface area (Å²) in [6.45, 7) is 1.10. The Hall–Kier alpha value is -3.42. The van der Waals surface area contributed by atoms with Crippen LogP contribution < -0.4 is 5.56 Å². The first-order valence-corrected chi connectivity index (χ1v) is 9.49. The fourth-order valence-electron chi connectivity index (χ4n) is 3.57. The summed E-state index contributed by atoms with van der Waals surface area (Å²) in [5.74, 6) is 0.0107. The molecule has 8 heteroatoms. The van der Waals surface area contributed by atoms with Crippen LogP contribution in [0.2, 0.25) is 0 Å². The third kappa shape index (κ3) is 4.37. The van der Waals surface area contributed by atoms with Crippen LogP contribution in [0.15, 0.2) is 53.7 Å². The molecular formula is C21H20FN5O2. The normalized spacial score (nSPS) is 14.7. The van der Waals surface area contributed by atoms with Gasteiger partial charge in [0.15, 0.2) is 5.82 Å². The number of benzene rings is 1. The van der Waals surface area contributed by atoms with E-state index in [0.717, 1.165) is 0 Å². The van der Waals surface area contributed by atoms with E-state index in [2.05, 4.69) is 19.9 Å². The number of amides is 1. The molecule has 29 heavy (non-hydrogen) atoms. The lowest BCUT2D eigenvalue weighted by Gasteiger charge is -2.32. The van der Waals surface area contributed by atoms with Gasteiger partial charge in [-0.25, -0.2) is 14.4 Å². The Bertz CT molecular complexity index is 1060. The number of aromatic nitrogens is 4. The van der Waals surface area contributed by atoms with Gasteiger partial charge in [0.05, 0.1) is 18.3 Å². The van der Waals surface area contributed by atoms with Crippen LogP contribution in [-0.4, -0.2) is 43.8 Å². The zero-order valence-corrected chi connectivity index (χ0v) is 15.7. The lowest BCUT2D eigenvalue weighted by molar-refractivity contribution is -0.131. The molecule has 148 valence electrons. The number of piperidine rings is 1. The minimum atomic E-state index is -0.361. The van der Waals surface area contributed by atoms with Crippen LogP contribution in [0.3, 0.4) is 0 Å². The number of hydrogen-bond acceptors (Lipinski definition) is 5. The number of hydrogen-bond donors (Lipinski definition) is 1. The molecule has 3 aromatic rings. The molecule has 1 fully saturated rings. The van der Waals surface area contributed by atoms with Crippen molar-refractivity contribution in [3.8, 4) is 11.5 Å². The first-order valence-electron chi connectivity index (χ1n) is 9.49. The van der Waals surface area contributed by atoms with Crippen LogP contribution in [0.4, 0.5) is 4.39 Å². The van der Waals surface area contributed by atoms with E-state index in [1.54, 1.807) is 41.7 Å². The number of carbonyl (C=O) groups is 1. The van der Waals surface area contributed by atoms with Gasteiger partial charge in [-0.05, 0) is 24.5 Å². The molecule has 1 aliphatic rings. The fourth-order valence-corrected chi connectivity index (χ4v) is 3.57. The summed E-state index contributed by atoms with van der Waals surface area (Å²) in [7, 11) is 0. The SMILES string of the molecule is O=C(Cc1ccccc1F)N1CCC(c2cc(=O)[nH]c(-c3cnccn3)n2)CC1. The highest BCUT2D eigenvalue weighted by molar-refractivity contribution is 5.79. The number of carbonyl (C=O) groups excluding carboxylic acids is 1. The molecule has 0 radical (unpaired) electrons. The van der Waals surface area contributed by atoms with Gasteiger partial charge in [0, 0.05) is 37.5 Å². The molecule has 0 bridgehead atoms. The van der Waals surface area contributed by atoms with E-state index in [1.165, 1.54) is 12.1 Å². The van der Waals surface area contributed by atoms with E-state index in [9.17, 15) is 14.0 Å². The molecule has 0 spiro atoms. The second-order valence-corrected chi connectivity index (χ2v) is 7.03. The van der Waals surface area contributed by atoms with Crippen LogP contribution in [0, 0.1) is 5.82 Å². The molecule has 1 aromatic carbocycles. The van der Waals surface area contributed by atoms with Crippen molar-refractivity contribution in [1.82, 2.24) is 24.8 Å². The number of H-pyrrole nitrogens is 1. The molecule has 0 atom stereocenters.